The van der Waals surface area contributed by atoms with Gasteiger partial charge in [-0.1, -0.05) is 18.2 Å². The van der Waals surface area contributed by atoms with Crippen LogP contribution in [0.25, 0.3) is 0 Å². The molecule has 1 saturated heterocycles. The second kappa shape index (κ2) is 6.98. The molecule has 128 valence electrons. The second-order valence-corrected chi connectivity index (χ2v) is 8.19. The summed E-state index contributed by atoms with van der Waals surface area (Å²) >= 11 is 0. The molecule has 7 heteroatoms. The van der Waals surface area contributed by atoms with Gasteiger partial charge in [0.05, 0.1) is 16.6 Å². The predicted octanol–water partition coefficient (Wildman–Crippen LogP) is 1.38. The first-order valence-electron chi connectivity index (χ1n) is 7.70. The Morgan fingerprint density at radius 1 is 1.35 bits per heavy atom. The molecular formula is C16H24N2O4S. The number of morpholine rings is 1. The van der Waals surface area contributed by atoms with Gasteiger partial charge in [-0.2, -0.15) is 0 Å². The van der Waals surface area contributed by atoms with Crippen molar-refractivity contribution in [1.29, 1.82) is 0 Å². The van der Waals surface area contributed by atoms with Crippen LogP contribution in [0.2, 0.25) is 0 Å². The lowest BCUT2D eigenvalue weighted by atomic mass is 10.1. The molecule has 1 fully saturated rings. The first kappa shape index (κ1) is 17.9. The van der Waals surface area contributed by atoms with Gasteiger partial charge in [0.2, 0.25) is 15.9 Å². The molecule has 1 heterocycles. The molecule has 6 nitrogen and oxygen atoms in total. The molecule has 0 saturated carbocycles. The molecule has 2 rings (SSSR count). The van der Waals surface area contributed by atoms with Gasteiger partial charge >= 0.3 is 0 Å². The van der Waals surface area contributed by atoms with Gasteiger partial charge < -0.3 is 9.64 Å². The molecule has 1 amide bonds. The number of carbonyl (C=O) groups is 1. The van der Waals surface area contributed by atoms with E-state index in [-0.39, 0.29) is 35.5 Å². The van der Waals surface area contributed by atoms with Gasteiger partial charge in [-0.25, -0.2) is 13.1 Å². The van der Waals surface area contributed by atoms with Gasteiger partial charge in [0.15, 0.2) is 0 Å². The Balaban J connectivity index is 1.88. The summed E-state index contributed by atoms with van der Waals surface area (Å²) in [6.07, 6.45) is 0.109. The fourth-order valence-corrected chi connectivity index (χ4v) is 3.83. The summed E-state index contributed by atoms with van der Waals surface area (Å²) in [7, 11) is -3.57. The maximum Gasteiger partial charge on any atom is 0.240 e. The van der Waals surface area contributed by atoms with Gasteiger partial charge in [0, 0.05) is 26.1 Å². The van der Waals surface area contributed by atoms with Crippen LogP contribution in [-0.2, 0) is 19.6 Å². The van der Waals surface area contributed by atoms with Crippen molar-refractivity contribution in [2.75, 3.05) is 19.6 Å². The third-order valence-corrected chi connectivity index (χ3v) is 5.08. The number of sulfonamides is 1. The quantitative estimate of drug-likeness (QED) is 0.879. The fourth-order valence-electron chi connectivity index (χ4n) is 2.78. The predicted molar refractivity (Wildman–Crippen MR) is 87.5 cm³/mol. The monoisotopic (exact) mass is 340 g/mol. The van der Waals surface area contributed by atoms with Crippen LogP contribution in [0.1, 0.15) is 27.2 Å². The standard InChI is InChI=1S/C16H24N2O4S/c1-13-11-18(12-16(2,3)22-13)15(19)9-10-17-23(20,21)14-7-5-4-6-8-14/h4-8,13,17H,9-12H2,1-3H3/t13-/m1/s1. The van der Waals surface area contributed by atoms with Crippen LogP contribution in [0.3, 0.4) is 0 Å². The smallest absolute Gasteiger partial charge is 0.240 e. The number of benzene rings is 1. The molecule has 1 N–H and O–H groups in total. The first-order chi connectivity index (χ1) is 10.7. The van der Waals surface area contributed by atoms with Gasteiger partial charge in [-0.15, -0.1) is 0 Å². The molecule has 1 atom stereocenters. The van der Waals surface area contributed by atoms with E-state index in [1.165, 1.54) is 12.1 Å². The highest BCUT2D eigenvalue weighted by Crippen LogP contribution is 2.21. The van der Waals surface area contributed by atoms with Crippen molar-refractivity contribution >= 4 is 15.9 Å². The van der Waals surface area contributed by atoms with E-state index < -0.39 is 10.0 Å². The largest absolute Gasteiger partial charge is 0.369 e. The average molecular weight is 340 g/mol. The van der Waals surface area contributed by atoms with Crippen molar-refractivity contribution in [1.82, 2.24) is 9.62 Å². The lowest BCUT2D eigenvalue weighted by Gasteiger charge is -2.41. The highest BCUT2D eigenvalue weighted by atomic mass is 32.2. The summed E-state index contributed by atoms with van der Waals surface area (Å²) in [5, 5.41) is 0. The van der Waals surface area contributed by atoms with Gasteiger partial charge in [0.1, 0.15) is 0 Å². The zero-order valence-electron chi connectivity index (χ0n) is 13.8. The Hall–Kier alpha value is -1.44. The molecule has 0 bridgehead atoms. The summed E-state index contributed by atoms with van der Waals surface area (Å²) in [6, 6.07) is 8.13. The molecule has 23 heavy (non-hydrogen) atoms. The Morgan fingerprint density at radius 3 is 2.61 bits per heavy atom. The van der Waals surface area contributed by atoms with E-state index in [0.717, 1.165) is 0 Å². The molecule has 1 aromatic rings. The number of ether oxygens (including phenoxy) is 1. The van der Waals surface area contributed by atoms with Crippen LogP contribution in [0.4, 0.5) is 0 Å². The third-order valence-electron chi connectivity index (χ3n) is 3.61. The van der Waals surface area contributed by atoms with Crippen molar-refractivity contribution in [2.45, 2.75) is 43.8 Å². The van der Waals surface area contributed by atoms with E-state index in [9.17, 15) is 13.2 Å². The number of nitrogens with zero attached hydrogens (tertiary/aromatic N) is 1. The molecule has 1 aliphatic rings. The molecule has 0 aliphatic carbocycles. The van der Waals surface area contributed by atoms with Gasteiger partial charge in [-0.05, 0) is 32.9 Å². The zero-order valence-corrected chi connectivity index (χ0v) is 14.6. The molecule has 1 aliphatic heterocycles. The summed E-state index contributed by atoms with van der Waals surface area (Å²) in [6.45, 7) is 6.96. The summed E-state index contributed by atoms with van der Waals surface area (Å²) < 4.78 is 32.4. The summed E-state index contributed by atoms with van der Waals surface area (Å²) in [5.41, 5.74) is -0.378. The summed E-state index contributed by atoms with van der Waals surface area (Å²) in [4.78, 5) is 14.2. The number of rotatable bonds is 5. The minimum Gasteiger partial charge on any atom is -0.369 e. The van der Waals surface area contributed by atoms with Gasteiger partial charge in [-0.3, -0.25) is 4.79 Å². The SMILES string of the molecule is C[C@@H]1CN(C(=O)CCNS(=O)(=O)c2ccccc2)CC(C)(C)O1. The van der Waals surface area contributed by atoms with Crippen molar-refractivity contribution in [3.05, 3.63) is 30.3 Å². The molecule has 0 spiro atoms. The van der Waals surface area contributed by atoms with E-state index in [0.29, 0.717) is 13.1 Å². The Labute approximate surface area is 137 Å². The number of hydrogen-bond donors (Lipinski definition) is 1. The minimum absolute atomic E-state index is 0.0243. The molecule has 0 aromatic heterocycles. The zero-order chi connectivity index (χ0) is 17.1. The lowest BCUT2D eigenvalue weighted by Crippen LogP contribution is -2.54. The van der Waals surface area contributed by atoms with Gasteiger partial charge in [0.25, 0.3) is 0 Å². The molecule has 0 unspecified atom stereocenters. The van der Waals surface area contributed by atoms with Crippen LogP contribution in [0.5, 0.6) is 0 Å². The average Bonchev–Trinajstić information content (AvgIpc) is 2.45. The van der Waals surface area contributed by atoms with Crippen LogP contribution in [0, 0.1) is 0 Å². The second-order valence-electron chi connectivity index (χ2n) is 6.42. The van der Waals surface area contributed by atoms with Crippen molar-refractivity contribution < 1.29 is 17.9 Å². The van der Waals surface area contributed by atoms with E-state index in [2.05, 4.69) is 4.72 Å². The molecule has 0 radical (unpaired) electrons. The number of nitrogens with one attached hydrogen (secondary N) is 1. The normalized spacial score (nSPS) is 21.2. The number of hydrogen-bond acceptors (Lipinski definition) is 4. The van der Waals surface area contributed by atoms with Crippen molar-refractivity contribution in [2.24, 2.45) is 0 Å². The van der Waals surface area contributed by atoms with E-state index in [1.807, 2.05) is 20.8 Å². The fraction of sp³-hybridized carbons (Fsp3) is 0.562. The van der Waals surface area contributed by atoms with E-state index in [1.54, 1.807) is 23.1 Å². The van der Waals surface area contributed by atoms with Crippen LogP contribution >= 0.6 is 0 Å². The highest BCUT2D eigenvalue weighted by Gasteiger charge is 2.33. The molecule has 1 aromatic carbocycles. The lowest BCUT2D eigenvalue weighted by molar-refractivity contribution is -0.157. The topological polar surface area (TPSA) is 75.7 Å². The Morgan fingerprint density at radius 2 is 2.00 bits per heavy atom. The number of carbonyl (C=O) groups excluding carboxylic acids is 1. The summed E-state index contributed by atoms with van der Waals surface area (Å²) in [5.74, 6) is -0.0658. The van der Waals surface area contributed by atoms with Crippen LogP contribution in [0.15, 0.2) is 35.2 Å². The maximum atomic E-state index is 12.3. The number of amides is 1. The van der Waals surface area contributed by atoms with Crippen LogP contribution < -0.4 is 4.72 Å². The Kier molecular flexibility index (Phi) is 5.44. The Bertz CT molecular complexity index is 643. The van der Waals surface area contributed by atoms with Crippen LogP contribution in [-0.4, -0.2) is 50.6 Å². The molecular weight excluding hydrogens is 316 g/mol. The highest BCUT2D eigenvalue weighted by molar-refractivity contribution is 7.89. The van der Waals surface area contributed by atoms with E-state index >= 15 is 0 Å². The van der Waals surface area contributed by atoms with Crippen molar-refractivity contribution in [3.63, 3.8) is 0 Å². The minimum atomic E-state index is -3.57. The maximum absolute atomic E-state index is 12.3. The van der Waals surface area contributed by atoms with E-state index in [4.69, 9.17) is 4.74 Å². The van der Waals surface area contributed by atoms with Crippen molar-refractivity contribution in [3.8, 4) is 0 Å². The third kappa shape index (κ3) is 5.02. The first-order valence-corrected chi connectivity index (χ1v) is 9.18.